The van der Waals surface area contributed by atoms with Crippen molar-refractivity contribution in [3.05, 3.63) is 12.2 Å². The molecule has 0 rings (SSSR count). The highest BCUT2D eigenvalue weighted by Gasteiger charge is 1.97. The third-order valence-corrected chi connectivity index (χ3v) is 3.23. The lowest BCUT2D eigenvalue weighted by Crippen LogP contribution is -2.23. The third kappa shape index (κ3) is 10.2. The zero-order valence-corrected chi connectivity index (χ0v) is 11.7. The standard InChI is InChI=1S/C15H31N/c1-4-7-8-9-10-11-12-13-14-15-16(5-2)6-3/h4,7H,5-6,8-15H2,1-3H3. The molecule has 0 saturated heterocycles. The molecule has 0 bridgehead atoms. The summed E-state index contributed by atoms with van der Waals surface area (Å²) in [6.45, 7) is 10.3. The minimum absolute atomic E-state index is 1.21. The molecule has 0 fully saturated rings. The Bertz CT molecular complexity index is 148. The Hall–Kier alpha value is -0.300. The second-order valence-electron chi connectivity index (χ2n) is 4.51. The van der Waals surface area contributed by atoms with E-state index in [0.717, 1.165) is 0 Å². The van der Waals surface area contributed by atoms with Crippen molar-refractivity contribution >= 4 is 0 Å². The normalized spacial score (nSPS) is 11.8. The molecule has 0 atom stereocenters. The maximum Gasteiger partial charge on any atom is -0.00190 e. The summed E-state index contributed by atoms with van der Waals surface area (Å²) in [5.41, 5.74) is 0. The fraction of sp³-hybridized carbons (Fsp3) is 0.867. The van der Waals surface area contributed by atoms with Crippen molar-refractivity contribution in [1.82, 2.24) is 4.90 Å². The van der Waals surface area contributed by atoms with Gasteiger partial charge in [-0.15, -0.1) is 0 Å². The highest BCUT2D eigenvalue weighted by Crippen LogP contribution is 2.08. The molecule has 0 aromatic heterocycles. The fourth-order valence-electron chi connectivity index (χ4n) is 2.01. The van der Waals surface area contributed by atoms with Crippen molar-refractivity contribution in [2.24, 2.45) is 0 Å². The van der Waals surface area contributed by atoms with Crippen LogP contribution in [0.25, 0.3) is 0 Å². The molecule has 0 aliphatic carbocycles. The topological polar surface area (TPSA) is 3.24 Å². The Morgan fingerprint density at radius 1 is 0.812 bits per heavy atom. The molecule has 1 nitrogen and oxygen atoms in total. The summed E-state index contributed by atoms with van der Waals surface area (Å²) in [7, 11) is 0. The van der Waals surface area contributed by atoms with Gasteiger partial charge < -0.3 is 4.90 Å². The molecule has 0 aromatic rings. The predicted molar refractivity (Wildman–Crippen MR) is 74.9 cm³/mol. The van der Waals surface area contributed by atoms with Crippen molar-refractivity contribution in [2.45, 2.75) is 65.7 Å². The molecule has 0 unspecified atom stereocenters. The van der Waals surface area contributed by atoms with E-state index in [1.54, 1.807) is 0 Å². The molecule has 0 saturated carbocycles. The van der Waals surface area contributed by atoms with Crippen LogP contribution in [0.4, 0.5) is 0 Å². The Kier molecular flexibility index (Phi) is 12.5. The molecule has 0 spiro atoms. The van der Waals surface area contributed by atoms with Crippen LogP contribution in [0.2, 0.25) is 0 Å². The van der Waals surface area contributed by atoms with E-state index in [2.05, 4.69) is 37.8 Å². The van der Waals surface area contributed by atoms with Gasteiger partial charge in [-0.3, -0.25) is 0 Å². The molecule has 0 heterocycles. The van der Waals surface area contributed by atoms with Gasteiger partial charge in [-0.2, -0.15) is 0 Å². The van der Waals surface area contributed by atoms with Crippen LogP contribution >= 0.6 is 0 Å². The Labute approximate surface area is 103 Å². The van der Waals surface area contributed by atoms with E-state index in [1.165, 1.54) is 64.6 Å². The Morgan fingerprint density at radius 3 is 1.94 bits per heavy atom. The van der Waals surface area contributed by atoms with E-state index in [9.17, 15) is 0 Å². The van der Waals surface area contributed by atoms with Gasteiger partial charge in [0.05, 0.1) is 0 Å². The van der Waals surface area contributed by atoms with Gasteiger partial charge in [0.15, 0.2) is 0 Å². The largest absolute Gasteiger partial charge is 0.304 e. The van der Waals surface area contributed by atoms with Crippen LogP contribution < -0.4 is 0 Å². The smallest absolute Gasteiger partial charge is 0.00190 e. The molecule has 0 aliphatic rings. The molecule has 0 amide bonds. The van der Waals surface area contributed by atoms with Crippen LogP contribution in [-0.4, -0.2) is 24.5 Å². The number of nitrogens with zero attached hydrogens (tertiary/aromatic N) is 1. The highest BCUT2D eigenvalue weighted by atomic mass is 15.1. The quantitative estimate of drug-likeness (QED) is 0.366. The van der Waals surface area contributed by atoms with Crippen LogP contribution in [0.3, 0.4) is 0 Å². The number of hydrogen-bond donors (Lipinski definition) is 0. The van der Waals surface area contributed by atoms with Crippen LogP contribution in [-0.2, 0) is 0 Å². The van der Waals surface area contributed by atoms with Crippen LogP contribution in [0.1, 0.15) is 65.7 Å². The van der Waals surface area contributed by atoms with Gasteiger partial charge in [0, 0.05) is 0 Å². The van der Waals surface area contributed by atoms with Crippen molar-refractivity contribution in [3.8, 4) is 0 Å². The van der Waals surface area contributed by atoms with Crippen LogP contribution in [0.5, 0.6) is 0 Å². The van der Waals surface area contributed by atoms with Crippen molar-refractivity contribution in [1.29, 1.82) is 0 Å². The molecule has 0 N–H and O–H groups in total. The van der Waals surface area contributed by atoms with E-state index in [1.807, 2.05) is 0 Å². The van der Waals surface area contributed by atoms with Crippen molar-refractivity contribution in [2.75, 3.05) is 19.6 Å². The minimum Gasteiger partial charge on any atom is -0.304 e. The zero-order chi connectivity index (χ0) is 12.1. The summed E-state index contributed by atoms with van der Waals surface area (Å²) in [6.07, 6.45) is 14.2. The maximum absolute atomic E-state index is 2.52. The second kappa shape index (κ2) is 12.8. The summed E-state index contributed by atoms with van der Waals surface area (Å²) in [6, 6.07) is 0. The summed E-state index contributed by atoms with van der Waals surface area (Å²) in [5, 5.41) is 0. The number of hydrogen-bond acceptors (Lipinski definition) is 1. The lowest BCUT2D eigenvalue weighted by atomic mass is 10.1. The molecule has 1 heteroatoms. The lowest BCUT2D eigenvalue weighted by Gasteiger charge is -2.17. The second-order valence-corrected chi connectivity index (χ2v) is 4.51. The average Bonchev–Trinajstić information content (AvgIpc) is 2.32. The van der Waals surface area contributed by atoms with E-state index < -0.39 is 0 Å². The van der Waals surface area contributed by atoms with Gasteiger partial charge in [-0.05, 0) is 45.8 Å². The SMILES string of the molecule is CC=CCCCCCCCCN(CC)CC. The maximum atomic E-state index is 2.52. The Morgan fingerprint density at radius 2 is 1.38 bits per heavy atom. The summed E-state index contributed by atoms with van der Waals surface area (Å²) < 4.78 is 0. The number of allylic oxidation sites excluding steroid dienone is 2. The first-order chi connectivity index (χ1) is 7.85. The Balaban J connectivity index is 3.09. The first kappa shape index (κ1) is 15.7. The van der Waals surface area contributed by atoms with E-state index >= 15 is 0 Å². The lowest BCUT2D eigenvalue weighted by molar-refractivity contribution is 0.295. The molecule has 0 aliphatic heterocycles. The molecular weight excluding hydrogens is 194 g/mol. The van der Waals surface area contributed by atoms with Crippen LogP contribution in [0, 0.1) is 0 Å². The third-order valence-electron chi connectivity index (χ3n) is 3.23. The molecule has 16 heavy (non-hydrogen) atoms. The first-order valence-corrected chi connectivity index (χ1v) is 7.18. The van der Waals surface area contributed by atoms with Crippen molar-refractivity contribution < 1.29 is 0 Å². The highest BCUT2D eigenvalue weighted by molar-refractivity contribution is 4.76. The summed E-state index contributed by atoms with van der Waals surface area (Å²) in [5.74, 6) is 0. The zero-order valence-electron chi connectivity index (χ0n) is 11.7. The fourth-order valence-corrected chi connectivity index (χ4v) is 2.01. The first-order valence-electron chi connectivity index (χ1n) is 7.18. The molecule has 0 radical (unpaired) electrons. The van der Waals surface area contributed by atoms with Gasteiger partial charge in [0.1, 0.15) is 0 Å². The van der Waals surface area contributed by atoms with Gasteiger partial charge in [-0.25, -0.2) is 0 Å². The number of rotatable bonds is 11. The molecule has 96 valence electrons. The van der Waals surface area contributed by atoms with E-state index in [4.69, 9.17) is 0 Å². The summed E-state index contributed by atoms with van der Waals surface area (Å²) in [4.78, 5) is 2.52. The van der Waals surface area contributed by atoms with Gasteiger partial charge in [0.2, 0.25) is 0 Å². The minimum atomic E-state index is 1.21. The molecular formula is C15H31N. The van der Waals surface area contributed by atoms with Gasteiger partial charge in [-0.1, -0.05) is 51.7 Å². The van der Waals surface area contributed by atoms with E-state index in [-0.39, 0.29) is 0 Å². The van der Waals surface area contributed by atoms with Crippen LogP contribution in [0.15, 0.2) is 12.2 Å². The number of unbranched alkanes of at least 4 members (excludes halogenated alkanes) is 6. The van der Waals surface area contributed by atoms with Gasteiger partial charge >= 0.3 is 0 Å². The van der Waals surface area contributed by atoms with Crippen molar-refractivity contribution in [3.63, 3.8) is 0 Å². The average molecular weight is 225 g/mol. The van der Waals surface area contributed by atoms with E-state index in [0.29, 0.717) is 0 Å². The summed E-state index contributed by atoms with van der Waals surface area (Å²) >= 11 is 0. The molecule has 0 aromatic carbocycles. The monoisotopic (exact) mass is 225 g/mol. The predicted octanol–water partition coefficient (Wildman–Crippen LogP) is 4.64. The van der Waals surface area contributed by atoms with Gasteiger partial charge in [0.25, 0.3) is 0 Å².